The third-order valence-electron chi connectivity index (χ3n) is 2.04. The summed E-state index contributed by atoms with van der Waals surface area (Å²) in [7, 11) is 1.59. The molecule has 1 fully saturated rings. The highest BCUT2D eigenvalue weighted by Crippen LogP contribution is 2.12. The van der Waals surface area contributed by atoms with E-state index in [1.54, 1.807) is 14.0 Å². The summed E-state index contributed by atoms with van der Waals surface area (Å²) in [5.74, 6) is 0.106. The predicted octanol–water partition coefficient (Wildman–Crippen LogP) is 0.644. The summed E-state index contributed by atoms with van der Waals surface area (Å²) in [4.78, 5) is 13.1. The van der Waals surface area contributed by atoms with Crippen molar-refractivity contribution >= 4 is 5.78 Å². The molecule has 64 valence electrons. The summed E-state index contributed by atoms with van der Waals surface area (Å²) < 4.78 is 5.07. The van der Waals surface area contributed by atoms with Crippen molar-refractivity contribution in [3.8, 4) is 0 Å². The van der Waals surface area contributed by atoms with Gasteiger partial charge in [0.1, 0.15) is 0 Å². The molecule has 1 unspecified atom stereocenters. The lowest BCUT2D eigenvalue weighted by atomic mass is 10.3. The first-order valence-corrected chi connectivity index (χ1v) is 4.03. The van der Waals surface area contributed by atoms with Gasteiger partial charge in [-0.25, -0.2) is 0 Å². The fourth-order valence-electron chi connectivity index (χ4n) is 1.55. The van der Waals surface area contributed by atoms with Gasteiger partial charge in [-0.15, -0.1) is 0 Å². The molecular formula is C8H15NO2. The Kier molecular flexibility index (Phi) is 3.02. The number of nitrogens with zero attached hydrogens (tertiary/aromatic N) is 1. The van der Waals surface area contributed by atoms with Gasteiger partial charge in [-0.05, 0) is 19.8 Å². The molecule has 0 radical (unpaired) electrons. The number of ketones is 1. The molecule has 0 spiro atoms. The quantitative estimate of drug-likeness (QED) is 0.602. The summed E-state index contributed by atoms with van der Waals surface area (Å²) in [5.41, 5.74) is 0. The van der Waals surface area contributed by atoms with Gasteiger partial charge >= 0.3 is 0 Å². The molecule has 1 aliphatic heterocycles. The van der Waals surface area contributed by atoms with E-state index in [4.69, 9.17) is 4.74 Å². The molecule has 0 amide bonds. The van der Waals surface area contributed by atoms with E-state index in [0.717, 1.165) is 13.1 Å². The zero-order valence-electron chi connectivity index (χ0n) is 7.17. The number of carbonyl (C=O) groups is 1. The number of methoxy groups -OCH3 is 1. The number of likely N-dealkylation sites (tertiary alicyclic amines) is 1. The Hall–Kier alpha value is -0.410. The maximum Gasteiger partial charge on any atom is 0.173 e. The van der Waals surface area contributed by atoms with Crippen molar-refractivity contribution in [1.82, 2.24) is 4.90 Å². The summed E-state index contributed by atoms with van der Waals surface area (Å²) in [6.45, 7) is 3.57. The van der Waals surface area contributed by atoms with Crippen molar-refractivity contribution in [2.45, 2.75) is 26.0 Å². The lowest BCUT2D eigenvalue weighted by molar-refractivity contribution is -0.137. The van der Waals surface area contributed by atoms with E-state index in [-0.39, 0.29) is 12.0 Å². The molecular weight excluding hydrogens is 142 g/mol. The largest absolute Gasteiger partial charge is 0.359 e. The second kappa shape index (κ2) is 3.83. The highest BCUT2D eigenvalue weighted by Gasteiger charge is 2.24. The zero-order chi connectivity index (χ0) is 8.27. The monoisotopic (exact) mass is 157 g/mol. The number of hydrogen-bond donors (Lipinski definition) is 0. The molecule has 0 saturated carbocycles. The van der Waals surface area contributed by atoms with E-state index in [2.05, 4.69) is 4.90 Å². The first kappa shape index (κ1) is 8.68. The van der Waals surface area contributed by atoms with Crippen molar-refractivity contribution in [3.05, 3.63) is 0 Å². The second-order valence-electron chi connectivity index (χ2n) is 2.94. The minimum absolute atomic E-state index is 0.106. The first-order valence-electron chi connectivity index (χ1n) is 4.03. The minimum atomic E-state index is -0.294. The van der Waals surface area contributed by atoms with Gasteiger partial charge in [0.15, 0.2) is 12.0 Å². The highest BCUT2D eigenvalue weighted by atomic mass is 16.5. The Morgan fingerprint density at radius 3 is 2.36 bits per heavy atom. The lowest BCUT2D eigenvalue weighted by Crippen LogP contribution is -2.39. The average molecular weight is 157 g/mol. The lowest BCUT2D eigenvalue weighted by Gasteiger charge is -2.22. The van der Waals surface area contributed by atoms with Crippen LogP contribution in [0.5, 0.6) is 0 Å². The number of ether oxygens (including phenoxy) is 1. The molecule has 0 N–H and O–H groups in total. The first-order chi connectivity index (χ1) is 5.25. The van der Waals surface area contributed by atoms with Crippen molar-refractivity contribution in [2.24, 2.45) is 0 Å². The van der Waals surface area contributed by atoms with Crippen molar-refractivity contribution in [1.29, 1.82) is 0 Å². The van der Waals surface area contributed by atoms with Crippen LogP contribution in [0.3, 0.4) is 0 Å². The normalized spacial score (nSPS) is 22.0. The maximum absolute atomic E-state index is 11.0. The standard InChI is InChI=1S/C8H15NO2/c1-7(10)8(11-2)9-5-3-4-6-9/h8H,3-6H2,1-2H3. The number of Topliss-reactive ketones (excluding diaryl/α,β-unsaturated/α-hetero) is 1. The van der Waals surface area contributed by atoms with Gasteiger partial charge in [-0.2, -0.15) is 0 Å². The number of hydrogen-bond acceptors (Lipinski definition) is 3. The van der Waals surface area contributed by atoms with Gasteiger partial charge < -0.3 is 4.74 Å². The summed E-state index contributed by atoms with van der Waals surface area (Å²) in [5, 5.41) is 0. The van der Waals surface area contributed by atoms with Crippen molar-refractivity contribution in [3.63, 3.8) is 0 Å². The molecule has 11 heavy (non-hydrogen) atoms. The minimum Gasteiger partial charge on any atom is -0.359 e. The van der Waals surface area contributed by atoms with E-state index < -0.39 is 0 Å². The zero-order valence-corrected chi connectivity index (χ0v) is 7.17. The molecule has 0 aromatic carbocycles. The Bertz CT molecular complexity index is 141. The van der Waals surface area contributed by atoms with Crippen LogP contribution in [0.1, 0.15) is 19.8 Å². The molecule has 1 atom stereocenters. The fourth-order valence-corrected chi connectivity index (χ4v) is 1.55. The van der Waals surface area contributed by atoms with Gasteiger partial charge in [-0.3, -0.25) is 9.69 Å². The molecule has 3 nitrogen and oxygen atoms in total. The third-order valence-corrected chi connectivity index (χ3v) is 2.04. The van der Waals surface area contributed by atoms with E-state index in [1.807, 2.05) is 0 Å². The highest BCUT2D eigenvalue weighted by molar-refractivity contribution is 5.80. The molecule has 1 saturated heterocycles. The predicted molar refractivity (Wildman–Crippen MR) is 42.3 cm³/mol. The smallest absolute Gasteiger partial charge is 0.173 e. The summed E-state index contributed by atoms with van der Waals surface area (Å²) in [6.07, 6.45) is 2.08. The fraction of sp³-hybridized carbons (Fsp3) is 0.875. The van der Waals surface area contributed by atoms with Crippen LogP contribution in [-0.2, 0) is 9.53 Å². The van der Waals surface area contributed by atoms with Gasteiger partial charge in [-0.1, -0.05) is 0 Å². The van der Waals surface area contributed by atoms with Crippen LogP contribution in [0.25, 0.3) is 0 Å². The topological polar surface area (TPSA) is 29.5 Å². The van der Waals surface area contributed by atoms with Crippen LogP contribution in [-0.4, -0.2) is 37.1 Å². The summed E-state index contributed by atoms with van der Waals surface area (Å²) >= 11 is 0. The van der Waals surface area contributed by atoms with Crippen LogP contribution in [0, 0.1) is 0 Å². The Balaban J connectivity index is 2.46. The second-order valence-corrected chi connectivity index (χ2v) is 2.94. The van der Waals surface area contributed by atoms with Crippen molar-refractivity contribution in [2.75, 3.05) is 20.2 Å². The molecule has 1 heterocycles. The van der Waals surface area contributed by atoms with Crippen LogP contribution in [0.2, 0.25) is 0 Å². The molecule has 1 rings (SSSR count). The molecule has 0 bridgehead atoms. The average Bonchev–Trinajstić information content (AvgIpc) is 2.40. The summed E-state index contributed by atoms with van der Waals surface area (Å²) in [6, 6.07) is 0. The van der Waals surface area contributed by atoms with Gasteiger partial charge in [0.05, 0.1) is 0 Å². The van der Waals surface area contributed by atoms with Crippen molar-refractivity contribution < 1.29 is 9.53 Å². The van der Waals surface area contributed by atoms with E-state index >= 15 is 0 Å². The van der Waals surface area contributed by atoms with Gasteiger partial charge in [0.2, 0.25) is 0 Å². The maximum atomic E-state index is 11.0. The van der Waals surface area contributed by atoms with Crippen LogP contribution in [0.4, 0.5) is 0 Å². The SMILES string of the molecule is COC(C(C)=O)N1CCCC1. The van der Waals surface area contributed by atoms with E-state index in [1.165, 1.54) is 12.8 Å². The molecule has 0 aromatic heterocycles. The van der Waals surface area contributed by atoms with Crippen LogP contribution in [0.15, 0.2) is 0 Å². The van der Waals surface area contributed by atoms with E-state index in [9.17, 15) is 4.79 Å². The number of rotatable bonds is 3. The van der Waals surface area contributed by atoms with Gasteiger partial charge in [0, 0.05) is 20.2 Å². The van der Waals surface area contributed by atoms with E-state index in [0.29, 0.717) is 0 Å². The van der Waals surface area contributed by atoms with Crippen LogP contribution >= 0.6 is 0 Å². The number of carbonyl (C=O) groups excluding carboxylic acids is 1. The molecule has 1 aliphatic rings. The molecule has 0 aromatic rings. The molecule has 0 aliphatic carbocycles. The van der Waals surface area contributed by atoms with Crippen LogP contribution < -0.4 is 0 Å². The Morgan fingerprint density at radius 1 is 1.45 bits per heavy atom. The Labute approximate surface area is 67.3 Å². The molecule has 3 heteroatoms. The third kappa shape index (κ3) is 2.01. The van der Waals surface area contributed by atoms with Gasteiger partial charge in [0.25, 0.3) is 0 Å². The Morgan fingerprint density at radius 2 is 2.00 bits per heavy atom.